The molecule has 0 amide bonds. The molecule has 1 aliphatic rings. The summed E-state index contributed by atoms with van der Waals surface area (Å²) in [5, 5.41) is 14.8. The predicted octanol–water partition coefficient (Wildman–Crippen LogP) is 2.53. The van der Waals surface area contributed by atoms with Gasteiger partial charge in [0.15, 0.2) is 0 Å². The van der Waals surface area contributed by atoms with Crippen molar-refractivity contribution in [3.8, 4) is 11.5 Å². The normalized spacial score (nSPS) is 14.3. The molecule has 0 saturated carbocycles. The zero-order chi connectivity index (χ0) is 22.8. The Morgan fingerprint density at radius 3 is 1.30 bits per heavy atom. The molecule has 2 aromatic rings. The van der Waals surface area contributed by atoms with E-state index in [4.69, 9.17) is 31.8 Å². The molecule has 0 aromatic heterocycles. The number of halogens is 1. The highest BCUT2D eigenvalue weighted by Gasteiger charge is 2.16. The molecule has 0 spiro atoms. The van der Waals surface area contributed by atoms with E-state index in [-0.39, 0.29) is 24.1 Å². The summed E-state index contributed by atoms with van der Waals surface area (Å²) in [7, 11) is 0. The van der Waals surface area contributed by atoms with Crippen LogP contribution in [0.5, 0.6) is 11.5 Å². The van der Waals surface area contributed by atoms with Crippen molar-refractivity contribution in [3.63, 3.8) is 0 Å². The predicted molar refractivity (Wildman–Crippen MR) is 135 cm³/mol. The van der Waals surface area contributed by atoms with Crippen molar-refractivity contribution < 1.29 is 9.47 Å². The summed E-state index contributed by atoms with van der Waals surface area (Å²) >= 11 is 0. The quantitative estimate of drug-likeness (QED) is 0.213. The third-order valence-corrected chi connectivity index (χ3v) is 5.57. The Morgan fingerprint density at radius 1 is 0.667 bits per heavy atom. The molecule has 180 valence electrons. The summed E-state index contributed by atoms with van der Waals surface area (Å²) < 4.78 is 11.6. The number of amidine groups is 2. The van der Waals surface area contributed by atoms with Crippen molar-refractivity contribution in [1.29, 1.82) is 10.8 Å². The van der Waals surface area contributed by atoms with Crippen LogP contribution in [0.1, 0.15) is 24.0 Å². The van der Waals surface area contributed by atoms with Crippen molar-refractivity contribution in [2.75, 3.05) is 52.5 Å². The Morgan fingerprint density at radius 2 is 1.00 bits per heavy atom. The van der Waals surface area contributed by atoms with E-state index in [9.17, 15) is 0 Å². The van der Waals surface area contributed by atoms with Gasteiger partial charge in [-0.1, -0.05) is 0 Å². The van der Waals surface area contributed by atoms with E-state index >= 15 is 0 Å². The number of nitrogens with zero attached hydrogens (tertiary/aromatic N) is 2. The Labute approximate surface area is 202 Å². The number of benzene rings is 2. The molecule has 1 fully saturated rings. The van der Waals surface area contributed by atoms with Gasteiger partial charge in [-0.15, -0.1) is 12.4 Å². The minimum atomic E-state index is 0. The first-order chi connectivity index (χ1) is 15.5. The first-order valence-electron chi connectivity index (χ1n) is 11.1. The summed E-state index contributed by atoms with van der Waals surface area (Å²) in [5.74, 6) is 1.78. The highest BCUT2D eigenvalue weighted by Crippen LogP contribution is 2.13. The zero-order valence-corrected chi connectivity index (χ0v) is 19.8. The van der Waals surface area contributed by atoms with Crippen LogP contribution < -0.4 is 20.9 Å². The van der Waals surface area contributed by atoms with Gasteiger partial charge in [0.2, 0.25) is 0 Å². The molecular formula is C24H35ClN6O2. The summed E-state index contributed by atoms with van der Waals surface area (Å²) in [6, 6.07) is 14.7. The lowest BCUT2D eigenvalue weighted by Gasteiger charge is -2.34. The van der Waals surface area contributed by atoms with Gasteiger partial charge in [-0.05, 0) is 61.4 Å². The Hall–Kier alpha value is -2.81. The topological polar surface area (TPSA) is 125 Å². The fourth-order valence-electron chi connectivity index (χ4n) is 3.65. The van der Waals surface area contributed by atoms with Crippen LogP contribution in [-0.4, -0.2) is 74.0 Å². The van der Waals surface area contributed by atoms with Crippen LogP contribution >= 0.6 is 12.4 Å². The van der Waals surface area contributed by atoms with E-state index < -0.39 is 0 Å². The molecule has 9 heteroatoms. The molecular weight excluding hydrogens is 440 g/mol. The fraction of sp³-hybridized carbons (Fsp3) is 0.417. The molecule has 1 heterocycles. The van der Waals surface area contributed by atoms with Crippen molar-refractivity contribution in [2.45, 2.75) is 12.8 Å². The molecule has 33 heavy (non-hydrogen) atoms. The van der Waals surface area contributed by atoms with E-state index in [0.29, 0.717) is 24.3 Å². The molecule has 1 aliphatic heterocycles. The minimum absolute atomic E-state index is 0. The lowest BCUT2D eigenvalue weighted by molar-refractivity contribution is 0.120. The molecule has 0 bridgehead atoms. The van der Waals surface area contributed by atoms with Crippen molar-refractivity contribution in [2.24, 2.45) is 11.5 Å². The lowest BCUT2D eigenvalue weighted by atomic mass is 10.2. The van der Waals surface area contributed by atoms with Crippen LogP contribution in [0.3, 0.4) is 0 Å². The first-order valence-corrected chi connectivity index (χ1v) is 11.1. The minimum Gasteiger partial charge on any atom is -0.494 e. The number of nitrogens with one attached hydrogen (secondary N) is 2. The van der Waals surface area contributed by atoms with E-state index in [1.807, 2.05) is 48.5 Å². The van der Waals surface area contributed by atoms with Crippen LogP contribution in [0.4, 0.5) is 0 Å². The van der Waals surface area contributed by atoms with Gasteiger partial charge in [-0.3, -0.25) is 10.8 Å². The molecule has 0 atom stereocenters. The van der Waals surface area contributed by atoms with Gasteiger partial charge >= 0.3 is 0 Å². The maximum atomic E-state index is 7.41. The number of nitrogen functional groups attached to an aromatic ring is 2. The van der Waals surface area contributed by atoms with Gasteiger partial charge < -0.3 is 30.7 Å². The number of ether oxygens (including phenoxy) is 2. The molecule has 8 nitrogen and oxygen atoms in total. The maximum Gasteiger partial charge on any atom is 0.122 e. The SMILES string of the molecule is Cl.N=C(N)c1ccc(OCCCN2CCN(CCCOc3ccc(C(=N)N)cc3)CC2)cc1. The fourth-order valence-corrected chi connectivity index (χ4v) is 3.65. The molecule has 0 unspecified atom stereocenters. The zero-order valence-electron chi connectivity index (χ0n) is 19.0. The Bertz CT molecular complexity index is 794. The number of rotatable bonds is 12. The maximum absolute atomic E-state index is 7.41. The van der Waals surface area contributed by atoms with Crippen LogP contribution in [0, 0.1) is 10.8 Å². The van der Waals surface area contributed by atoms with Gasteiger partial charge in [0.1, 0.15) is 23.2 Å². The Kier molecular flexibility index (Phi) is 11.0. The van der Waals surface area contributed by atoms with Crippen LogP contribution in [0.15, 0.2) is 48.5 Å². The van der Waals surface area contributed by atoms with Crippen LogP contribution in [0.25, 0.3) is 0 Å². The third-order valence-electron chi connectivity index (χ3n) is 5.57. The smallest absolute Gasteiger partial charge is 0.122 e. The highest BCUT2D eigenvalue weighted by molar-refractivity contribution is 5.95. The monoisotopic (exact) mass is 474 g/mol. The van der Waals surface area contributed by atoms with Gasteiger partial charge in [-0.25, -0.2) is 0 Å². The van der Waals surface area contributed by atoms with Crippen LogP contribution in [-0.2, 0) is 0 Å². The average molecular weight is 475 g/mol. The highest BCUT2D eigenvalue weighted by atomic mass is 35.5. The number of piperazine rings is 1. The summed E-state index contributed by atoms with van der Waals surface area (Å²) in [5.41, 5.74) is 12.4. The Balaban J connectivity index is 0.00000385. The van der Waals surface area contributed by atoms with E-state index in [2.05, 4.69) is 9.80 Å². The number of nitrogens with two attached hydrogens (primary N) is 2. The summed E-state index contributed by atoms with van der Waals surface area (Å²) in [6.07, 6.45) is 1.98. The number of hydrogen-bond acceptors (Lipinski definition) is 6. The largest absolute Gasteiger partial charge is 0.494 e. The summed E-state index contributed by atoms with van der Waals surface area (Å²) in [6.45, 7) is 7.79. The second kappa shape index (κ2) is 13.7. The number of hydrogen-bond donors (Lipinski definition) is 4. The van der Waals surface area contributed by atoms with Gasteiger partial charge in [0, 0.05) is 50.4 Å². The third kappa shape index (κ3) is 8.92. The van der Waals surface area contributed by atoms with Crippen molar-refractivity contribution in [1.82, 2.24) is 9.80 Å². The molecule has 1 saturated heterocycles. The average Bonchev–Trinajstić information content (AvgIpc) is 2.81. The van der Waals surface area contributed by atoms with Gasteiger partial charge in [0.05, 0.1) is 13.2 Å². The molecule has 3 rings (SSSR count). The lowest BCUT2D eigenvalue weighted by Crippen LogP contribution is -2.47. The molecule has 6 N–H and O–H groups in total. The second-order valence-electron chi connectivity index (χ2n) is 7.96. The van der Waals surface area contributed by atoms with E-state index in [1.54, 1.807) is 0 Å². The van der Waals surface area contributed by atoms with Crippen molar-refractivity contribution in [3.05, 3.63) is 59.7 Å². The standard InChI is InChI=1S/C24H34N6O2.ClH/c25-23(26)19-3-7-21(8-4-19)31-17-1-11-29-13-15-30(16-14-29)12-2-18-32-22-9-5-20(6-10-22)24(27)28;/h3-10H,1-2,11-18H2,(H3,25,26)(H3,27,28);1H. The van der Waals surface area contributed by atoms with E-state index in [1.165, 1.54) is 0 Å². The van der Waals surface area contributed by atoms with Crippen molar-refractivity contribution >= 4 is 24.1 Å². The molecule has 2 aromatic carbocycles. The van der Waals surface area contributed by atoms with Crippen LogP contribution in [0.2, 0.25) is 0 Å². The second-order valence-corrected chi connectivity index (χ2v) is 7.96. The molecule has 0 aliphatic carbocycles. The molecule has 0 radical (unpaired) electrons. The summed E-state index contributed by atoms with van der Waals surface area (Å²) in [4.78, 5) is 4.98. The van der Waals surface area contributed by atoms with Gasteiger partial charge in [0.25, 0.3) is 0 Å². The van der Waals surface area contributed by atoms with Gasteiger partial charge in [-0.2, -0.15) is 0 Å². The van der Waals surface area contributed by atoms with E-state index in [0.717, 1.165) is 63.6 Å². The first kappa shape index (κ1) is 26.4.